The van der Waals surface area contributed by atoms with Crippen molar-refractivity contribution < 1.29 is 107 Å². The summed E-state index contributed by atoms with van der Waals surface area (Å²) in [5.74, 6) is 0. The van der Waals surface area contributed by atoms with Crippen molar-refractivity contribution in [1.82, 2.24) is 0 Å². The van der Waals surface area contributed by atoms with Gasteiger partial charge in [0.05, 0.1) is 9.79 Å². The molecule has 0 bridgehead atoms. The molecule has 0 aromatic heterocycles. The van der Waals surface area contributed by atoms with Gasteiger partial charge in [-0.05, 0) is 37.1 Å². The molecule has 0 saturated heterocycles. The van der Waals surface area contributed by atoms with E-state index in [2.05, 4.69) is 0 Å². The predicted octanol–water partition coefficient (Wildman–Crippen LogP) is -4.19. The van der Waals surface area contributed by atoms with Gasteiger partial charge < -0.3 is 9.11 Å². The molecule has 0 fully saturated rings. The van der Waals surface area contributed by atoms with Crippen LogP contribution in [0.2, 0.25) is 0 Å². The Kier molecular flexibility index (Phi) is 13.1. The molecule has 120 valence electrons. The Morgan fingerprint density at radius 1 is 0.667 bits per heavy atom. The Morgan fingerprint density at radius 2 is 0.917 bits per heavy atom. The molecule has 2 aromatic rings. The summed E-state index contributed by atoms with van der Waals surface area (Å²) < 4.78 is 63.0. The van der Waals surface area contributed by atoms with Crippen molar-refractivity contribution in [3.63, 3.8) is 0 Å². The monoisotopic (exact) mass is 404 g/mol. The molecule has 0 saturated carbocycles. The molecule has 0 amide bonds. The quantitative estimate of drug-likeness (QED) is 0.370. The van der Waals surface area contributed by atoms with Gasteiger partial charge in [0.2, 0.25) is 0 Å². The normalized spacial score (nSPS) is 10.5. The van der Waals surface area contributed by atoms with Crippen LogP contribution in [0.4, 0.5) is 0 Å². The van der Waals surface area contributed by atoms with Crippen molar-refractivity contribution in [3.05, 3.63) is 59.7 Å². The maximum atomic E-state index is 10.5. The van der Waals surface area contributed by atoms with Crippen molar-refractivity contribution in [2.24, 2.45) is 0 Å². The van der Waals surface area contributed by atoms with Gasteiger partial charge >= 0.3 is 80.9 Å². The fourth-order valence-corrected chi connectivity index (χ4v) is 3.09. The van der Waals surface area contributed by atoms with Crippen LogP contribution in [0.5, 0.6) is 0 Å². The molecule has 2 rings (SSSR count). The maximum Gasteiger partial charge on any atom is 1.00 e. The van der Waals surface area contributed by atoms with E-state index in [1.165, 1.54) is 24.3 Å². The van der Waals surface area contributed by atoms with Gasteiger partial charge in [0.1, 0.15) is 20.2 Å². The van der Waals surface area contributed by atoms with Gasteiger partial charge in [-0.15, -0.1) is 0 Å². The molecule has 0 spiro atoms. The Hall–Kier alpha value is 0.896. The van der Waals surface area contributed by atoms with Crippen LogP contribution in [0.15, 0.2) is 58.3 Å². The molecule has 6 nitrogen and oxygen atoms in total. The van der Waals surface area contributed by atoms with Crippen molar-refractivity contribution >= 4 is 20.2 Å². The summed E-state index contributed by atoms with van der Waals surface area (Å²) in [7, 11) is -8.57. The summed E-state index contributed by atoms with van der Waals surface area (Å²) in [6.45, 7) is 3.18. The molecule has 0 N–H and O–H groups in total. The third-order valence-electron chi connectivity index (χ3n) is 2.73. The average Bonchev–Trinajstić information content (AvgIpc) is 2.37. The first kappa shape index (κ1) is 27.1. The van der Waals surface area contributed by atoms with Crippen molar-refractivity contribution in [2.45, 2.75) is 23.6 Å². The molecule has 0 unspecified atom stereocenters. The fourth-order valence-electron chi connectivity index (χ4n) is 1.67. The van der Waals surface area contributed by atoms with E-state index in [9.17, 15) is 25.9 Å². The Labute approximate surface area is 207 Å². The van der Waals surface area contributed by atoms with Crippen LogP contribution in [0.3, 0.4) is 0 Å². The van der Waals surface area contributed by atoms with E-state index in [1.54, 1.807) is 38.1 Å². The minimum Gasteiger partial charge on any atom is -0.744 e. The van der Waals surface area contributed by atoms with Crippen LogP contribution in [0, 0.1) is 13.8 Å². The van der Waals surface area contributed by atoms with Crippen LogP contribution >= 0.6 is 0 Å². The topological polar surface area (TPSA) is 114 Å². The van der Waals surface area contributed by atoms with E-state index in [0.717, 1.165) is 0 Å². The van der Waals surface area contributed by atoms with Gasteiger partial charge in [-0.2, -0.15) is 0 Å². The molecule has 2 aromatic carbocycles. The number of rotatable bonds is 2. The summed E-state index contributed by atoms with van der Waals surface area (Å²) in [5, 5.41) is 0. The molecular weight excluding hydrogens is 390 g/mol. The third kappa shape index (κ3) is 9.01. The van der Waals surface area contributed by atoms with Gasteiger partial charge in [-0.25, -0.2) is 16.8 Å². The molecule has 0 aliphatic heterocycles. The molecule has 0 atom stereocenters. The van der Waals surface area contributed by atoms with Gasteiger partial charge in [-0.3, -0.25) is 0 Å². The Morgan fingerprint density at radius 3 is 1.08 bits per heavy atom. The first-order valence-corrected chi connectivity index (χ1v) is 8.88. The van der Waals surface area contributed by atoms with Crippen molar-refractivity contribution in [1.29, 1.82) is 0 Å². The smallest absolute Gasteiger partial charge is 0.744 e. The Balaban J connectivity index is 0. The first-order valence-electron chi connectivity index (χ1n) is 6.06. The number of benzene rings is 2. The fraction of sp³-hybridized carbons (Fsp3) is 0.143. The SMILES string of the molecule is Cc1ccccc1S(=O)(=O)[O-].Cc1ccccc1S(=O)(=O)[O-].[K+].[Na+]. The number of aryl methyl sites for hydroxylation is 2. The summed E-state index contributed by atoms with van der Waals surface area (Å²) in [6.07, 6.45) is 0. The first-order chi connectivity index (χ1) is 10.0. The van der Waals surface area contributed by atoms with Gasteiger partial charge in [0.25, 0.3) is 0 Å². The van der Waals surface area contributed by atoms with Crippen molar-refractivity contribution in [2.75, 3.05) is 0 Å². The summed E-state index contributed by atoms with van der Waals surface area (Å²) in [6, 6.07) is 12.2. The largest absolute Gasteiger partial charge is 1.00 e. The second-order valence-corrected chi connectivity index (χ2v) is 7.14. The molecule has 0 heterocycles. The standard InChI is InChI=1S/2C7H8O3S.K.Na/c2*1-6-4-2-3-5-7(6)11(8,9)10;;/h2*2-5H,1H3,(H,8,9,10);;/q;;2*+1/p-2. The van der Waals surface area contributed by atoms with Crippen LogP contribution in [-0.4, -0.2) is 25.9 Å². The Bertz CT molecular complexity index is 793. The van der Waals surface area contributed by atoms with Crippen LogP contribution in [0.25, 0.3) is 0 Å². The zero-order chi connectivity index (χ0) is 17.0. The minimum atomic E-state index is -4.28. The van der Waals surface area contributed by atoms with Crippen LogP contribution in [0.1, 0.15) is 11.1 Å². The molecular formula is C14H14KNaO6S2. The van der Waals surface area contributed by atoms with E-state index in [1.807, 2.05) is 0 Å². The number of hydrogen-bond donors (Lipinski definition) is 0. The van der Waals surface area contributed by atoms with E-state index in [-0.39, 0.29) is 90.7 Å². The zero-order valence-electron chi connectivity index (χ0n) is 13.9. The van der Waals surface area contributed by atoms with E-state index >= 15 is 0 Å². The summed E-state index contributed by atoms with van der Waals surface area (Å²) in [4.78, 5) is -0.278. The minimum absolute atomic E-state index is 0. The average molecular weight is 404 g/mol. The van der Waals surface area contributed by atoms with Crippen molar-refractivity contribution in [3.8, 4) is 0 Å². The van der Waals surface area contributed by atoms with E-state index in [4.69, 9.17) is 0 Å². The molecule has 24 heavy (non-hydrogen) atoms. The van der Waals surface area contributed by atoms with Gasteiger partial charge in [0.15, 0.2) is 0 Å². The van der Waals surface area contributed by atoms with E-state index in [0.29, 0.717) is 11.1 Å². The van der Waals surface area contributed by atoms with Crippen LogP contribution in [-0.2, 0) is 20.2 Å². The molecule has 0 aliphatic rings. The summed E-state index contributed by atoms with van der Waals surface area (Å²) >= 11 is 0. The second-order valence-electron chi connectivity index (χ2n) is 4.44. The predicted molar refractivity (Wildman–Crippen MR) is 78.3 cm³/mol. The molecule has 10 heteroatoms. The van der Waals surface area contributed by atoms with E-state index < -0.39 is 20.2 Å². The van der Waals surface area contributed by atoms with Gasteiger partial charge in [0, 0.05) is 0 Å². The number of hydrogen-bond acceptors (Lipinski definition) is 6. The molecule has 0 radical (unpaired) electrons. The second kappa shape index (κ2) is 11.6. The summed E-state index contributed by atoms with van der Waals surface area (Å²) in [5.41, 5.74) is 0.977. The molecule has 0 aliphatic carbocycles. The third-order valence-corrected chi connectivity index (χ3v) is 4.72. The van der Waals surface area contributed by atoms with Crippen LogP contribution < -0.4 is 80.9 Å². The maximum absolute atomic E-state index is 10.5. The zero-order valence-corrected chi connectivity index (χ0v) is 20.6. The van der Waals surface area contributed by atoms with Gasteiger partial charge in [-0.1, -0.05) is 36.4 Å².